The van der Waals surface area contributed by atoms with Gasteiger partial charge in [-0.15, -0.1) is 5.10 Å². The smallest absolute Gasteiger partial charge is 0.196 e. The lowest BCUT2D eigenvalue weighted by atomic mass is 10.2. The third-order valence-corrected chi connectivity index (χ3v) is 2.79. The Hall–Kier alpha value is -1.57. The largest absolute Gasteiger partial charge is 0.416 e. The number of tetrazole rings is 1. The summed E-state index contributed by atoms with van der Waals surface area (Å²) in [7, 11) is 0. The lowest BCUT2D eigenvalue weighted by Crippen LogP contribution is -2.06. The van der Waals surface area contributed by atoms with Crippen LogP contribution in [0.5, 0.6) is 0 Å². The Balaban J connectivity index is 2.32. The van der Waals surface area contributed by atoms with Crippen molar-refractivity contribution in [1.29, 1.82) is 0 Å². The second kappa shape index (κ2) is 4.97. The van der Waals surface area contributed by atoms with E-state index in [9.17, 15) is 13.2 Å². The van der Waals surface area contributed by atoms with E-state index >= 15 is 0 Å². The van der Waals surface area contributed by atoms with Crippen LogP contribution in [0.4, 0.5) is 13.2 Å². The van der Waals surface area contributed by atoms with Gasteiger partial charge in [-0.3, -0.25) is 0 Å². The van der Waals surface area contributed by atoms with Crippen LogP contribution in [-0.2, 0) is 11.9 Å². The van der Waals surface area contributed by atoms with Gasteiger partial charge in [-0.05, 0) is 40.9 Å². The number of benzene rings is 1. The topological polar surface area (TPSA) is 43.6 Å². The van der Waals surface area contributed by atoms with Gasteiger partial charge in [-0.25, -0.2) is 0 Å². The number of alkyl halides is 3. The van der Waals surface area contributed by atoms with Crippen molar-refractivity contribution >= 4 is 11.8 Å². The van der Waals surface area contributed by atoms with Crippen molar-refractivity contribution in [3.05, 3.63) is 35.7 Å². The molecule has 0 spiro atoms. The maximum Gasteiger partial charge on any atom is 0.416 e. The fraction of sp³-hybridized carbons (Fsp3) is 0.300. The van der Waals surface area contributed by atoms with Gasteiger partial charge in [0.05, 0.1) is 17.0 Å². The number of nitrogens with zero attached hydrogens (tertiary/aromatic N) is 4. The number of hydrogen-bond acceptors (Lipinski definition) is 4. The number of aromatic nitrogens is 4. The van der Waals surface area contributed by atoms with Gasteiger partial charge >= 0.3 is 6.18 Å². The van der Waals surface area contributed by atoms with E-state index in [4.69, 9.17) is 0 Å². The Morgan fingerprint density at radius 2 is 1.89 bits per heavy atom. The molecule has 2 aromatic rings. The van der Waals surface area contributed by atoms with Gasteiger partial charge in [-0.1, -0.05) is 0 Å². The second-order valence-electron chi connectivity index (χ2n) is 3.48. The van der Waals surface area contributed by atoms with Crippen LogP contribution in [0.25, 0.3) is 5.69 Å². The zero-order valence-corrected chi connectivity index (χ0v) is 10.2. The first kappa shape index (κ1) is 12.9. The summed E-state index contributed by atoms with van der Waals surface area (Å²) in [5.74, 6) is 1.19. The van der Waals surface area contributed by atoms with Crippen LogP contribution < -0.4 is 0 Å². The van der Waals surface area contributed by atoms with E-state index in [1.807, 2.05) is 6.26 Å². The van der Waals surface area contributed by atoms with E-state index in [1.54, 1.807) is 0 Å². The number of rotatable bonds is 3. The fourth-order valence-electron chi connectivity index (χ4n) is 1.42. The minimum atomic E-state index is -4.33. The van der Waals surface area contributed by atoms with Gasteiger partial charge in [0, 0.05) is 0 Å². The molecule has 0 bridgehead atoms. The Morgan fingerprint density at radius 1 is 1.22 bits per heavy atom. The highest BCUT2D eigenvalue weighted by atomic mass is 32.2. The van der Waals surface area contributed by atoms with Gasteiger partial charge in [0.1, 0.15) is 0 Å². The molecule has 1 aromatic carbocycles. The van der Waals surface area contributed by atoms with Crippen molar-refractivity contribution in [3.8, 4) is 5.69 Å². The zero-order valence-electron chi connectivity index (χ0n) is 9.35. The third kappa shape index (κ3) is 2.63. The molecule has 1 aromatic heterocycles. The van der Waals surface area contributed by atoms with Crippen LogP contribution in [0, 0.1) is 0 Å². The standard InChI is InChI=1S/C10H9F3N4S/c1-18-6-9-14-15-16-17(9)8-4-2-7(3-5-8)10(11,12)13/h2-5H,6H2,1H3. The molecular formula is C10H9F3N4S. The van der Waals surface area contributed by atoms with Gasteiger partial charge in [0.15, 0.2) is 5.82 Å². The molecule has 1 heterocycles. The maximum absolute atomic E-state index is 12.4. The Morgan fingerprint density at radius 3 is 2.44 bits per heavy atom. The van der Waals surface area contributed by atoms with Crippen LogP contribution in [0.3, 0.4) is 0 Å². The normalized spacial score (nSPS) is 11.8. The summed E-state index contributed by atoms with van der Waals surface area (Å²) >= 11 is 1.53. The number of thioether (sulfide) groups is 1. The molecule has 0 aliphatic rings. The molecule has 0 radical (unpaired) electrons. The van der Waals surface area contributed by atoms with Crippen LogP contribution in [0.2, 0.25) is 0 Å². The van der Waals surface area contributed by atoms with E-state index in [1.165, 1.54) is 28.6 Å². The molecule has 0 saturated heterocycles. The second-order valence-corrected chi connectivity index (χ2v) is 4.35. The molecule has 0 N–H and O–H groups in total. The van der Waals surface area contributed by atoms with Crippen LogP contribution in [0.15, 0.2) is 24.3 Å². The third-order valence-electron chi connectivity index (χ3n) is 2.25. The SMILES string of the molecule is CSCc1nnnn1-c1ccc(C(F)(F)F)cc1. The number of halogens is 3. The zero-order chi connectivity index (χ0) is 13.2. The summed E-state index contributed by atoms with van der Waals surface area (Å²) in [6.07, 6.45) is -2.44. The minimum Gasteiger partial charge on any atom is -0.196 e. The van der Waals surface area contributed by atoms with Crippen LogP contribution in [0.1, 0.15) is 11.4 Å². The Kier molecular flexibility index (Phi) is 3.55. The summed E-state index contributed by atoms with van der Waals surface area (Å²) in [6.45, 7) is 0. The van der Waals surface area contributed by atoms with Gasteiger partial charge < -0.3 is 0 Å². The van der Waals surface area contributed by atoms with Crippen molar-refractivity contribution in [2.75, 3.05) is 6.26 Å². The molecule has 0 amide bonds. The first-order valence-corrected chi connectivity index (χ1v) is 6.35. The molecular weight excluding hydrogens is 265 g/mol. The van der Waals surface area contributed by atoms with Gasteiger partial charge in [0.2, 0.25) is 0 Å². The van der Waals surface area contributed by atoms with Crippen molar-refractivity contribution in [2.45, 2.75) is 11.9 Å². The highest BCUT2D eigenvalue weighted by Gasteiger charge is 2.30. The van der Waals surface area contributed by atoms with Crippen LogP contribution in [-0.4, -0.2) is 26.5 Å². The summed E-state index contributed by atoms with van der Waals surface area (Å²) < 4.78 is 38.7. The first-order chi connectivity index (χ1) is 8.52. The summed E-state index contributed by atoms with van der Waals surface area (Å²) in [4.78, 5) is 0. The lowest BCUT2D eigenvalue weighted by molar-refractivity contribution is -0.137. The first-order valence-electron chi connectivity index (χ1n) is 4.96. The molecule has 0 aliphatic carbocycles. The van der Waals surface area contributed by atoms with Crippen molar-refractivity contribution in [2.24, 2.45) is 0 Å². The highest BCUT2D eigenvalue weighted by Crippen LogP contribution is 2.29. The molecule has 0 aliphatic heterocycles. The number of hydrogen-bond donors (Lipinski definition) is 0. The van der Waals surface area contributed by atoms with Crippen molar-refractivity contribution in [1.82, 2.24) is 20.2 Å². The maximum atomic E-state index is 12.4. The van der Waals surface area contributed by atoms with Crippen molar-refractivity contribution in [3.63, 3.8) is 0 Å². The molecule has 0 atom stereocenters. The molecule has 2 rings (SSSR count). The average molecular weight is 274 g/mol. The predicted molar refractivity (Wildman–Crippen MR) is 61.4 cm³/mol. The predicted octanol–water partition coefficient (Wildman–Crippen LogP) is 2.54. The lowest BCUT2D eigenvalue weighted by Gasteiger charge is -2.08. The van der Waals surface area contributed by atoms with Crippen LogP contribution >= 0.6 is 11.8 Å². The fourth-order valence-corrected chi connectivity index (χ4v) is 1.86. The average Bonchev–Trinajstić information content (AvgIpc) is 2.77. The summed E-state index contributed by atoms with van der Waals surface area (Å²) in [5.41, 5.74) is -0.178. The highest BCUT2D eigenvalue weighted by molar-refractivity contribution is 7.97. The monoisotopic (exact) mass is 274 g/mol. The molecule has 0 fully saturated rings. The van der Waals surface area contributed by atoms with E-state index < -0.39 is 11.7 Å². The molecule has 0 saturated carbocycles. The van der Waals surface area contributed by atoms with E-state index in [0.29, 0.717) is 17.3 Å². The van der Waals surface area contributed by atoms with Crippen molar-refractivity contribution < 1.29 is 13.2 Å². The molecule has 0 unspecified atom stereocenters. The summed E-state index contributed by atoms with van der Waals surface area (Å²) in [6, 6.07) is 4.73. The van der Waals surface area contributed by atoms with Gasteiger partial charge in [-0.2, -0.15) is 29.6 Å². The van der Waals surface area contributed by atoms with E-state index in [0.717, 1.165) is 12.1 Å². The molecule has 8 heteroatoms. The Labute approximate surface area is 105 Å². The molecule has 4 nitrogen and oxygen atoms in total. The molecule has 18 heavy (non-hydrogen) atoms. The van der Waals surface area contributed by atoms with E-state index in [-0.39, 0.29) is 0 Å². The quantitative estimate of drug-likeness (QED) is 0.862. The minimum absolute atomic E-state index is 0.511. The summed E-state index contributed by atoms with van der Waals surface area (Å²) in [5, 5.41) is 11.1. The van der Waals surface area contributed by atoms with Gasteiger partial charge in [0.25, 0.3) is 0 Å². The van der Waals surface area contributed by atoms with E-state index in [2.05, 4.69) is 15.5 Å². The Bertz CT molecular complexity index is 521. The molecule has 96 valence electrons.